The zero-order valence-electron chi connectivity index (χ0n) is 10.2. The van der Waals surface area contributed by atoms with Crippen LogP contribution in [0.25, 0.3) is 11.1 Å². The Morgan fingerprint density at radius 3 is 3.11 bits per heavy atom. The Balaban J connectivity index is 1.65. The number of likely N-dealkylation sites (tertiary alicyclic amines) is 1. The first-order valence-corrected chi connectivity index (χ1v) is 5.81. The van der Waals surface area contributed by atoms with Crippen molar-refractivity contribution in [3.8, 4) is 0 Å². The molecule has 0 aliphatic carbocycles. The molecule has 1 aliphatic heterocycles. The molecule has 3 rings (SSSR count). The van der Waals surface area contributed by atoms with Crippen LogP contribution in [0.15, 0.2) is 22.6 Å². The Bertz CT molecular complexity index is 622. The molecule has 0 bridgehead atoms. The number of benzene rings is 1. The number of carbonyl (C=O) groups excluding carboxylic acids is 1. The second kappa shape index (κ2) is 4.42. The third kappa shape index (κ3) is 2.18. The summed E-state index contributed by atoms with van der Waals surface area (Å²) in [4.78, 5) is 16.9. The molecule has 0 atom stereocenters. The fraction of sp³-hybridized carbons (Fsp3) is 0.333. The minimum atomic E-state index is -0.354. The van der Waals surface area contributed by atoms with Gasteiger partial charge in [-0.05, 0) is 12.1 Å². The summed E-state index contributed by atoms with van der Waals surface area (Å²) in [5.41, 5.74) is 0.986. The van der Waals surface area contributed by atoms with E-state index in [1.807, 2.05) is 0 Å². The summed E-state index contributed by atoms with van der Waals surface area (Å²) in [6.07, 6.45) is -0.349. The molecule has 100 valence electrons. The van der Waals surface area contributed by atoms with Crippen LogP contribution in [0.1, 0.15) is 0 Å². The molecular formula is C12H12FN3O3. The maximum Gasteiger partial charge on any atom is 0.409 e. The molecule has 1 fully saturated rings. The quantitative estimate of drug-likeness (QED) is 0.897. The topological polar surface area (TPSA) is 67.6 Å². The number of amides is 1. The van der Waals surface area contributed by atoms with Crippen molar-refractivity contribution in [2.24, 2.45) is 0 Å². The van der Waals surface area contributed by atoms with Crippen LogP contribution in [0.5, 0.6) is 0 Å². The number of nitrogens with one attached hydrogen (secondary N) is 1. The maximum absolute atomic E-state index is 13.0. The van der Waals surface area contributed by atoms with Crippen LogP contribution in [0.2, 0.25) is 0 Å². The second-order valence-corrected chi connectivity index (χ2v) is 4.35. The van der Waals surface area contributed by atoms with E-state index in [9.17, 15) is 9.18 Å². The van der Waals surface area contributed by atoms with Gasteiger partial charge in [-0.2, -0.15) is 4.98 Å². The van der Waals surface area contributed by atoms with Gasteiger partial charge in [-0.1, -0.05) is 0 Å². The highest BCUT2D eigenvalue weighted by Crippen LogP contribution is 2.22. The zero-order valence-corrected chi connectivity index (χ0v) is 10.2. The van der Waals surface area contributed by atoms with Crippen LogP contribution < -0.4 is 5.32 Å². The molecule has 7 heteroatoms. The smallest absolute Gasteiger partial charge is 0.409 e. The van der Waals surface area contributed by atoms with E-state index in [1.54, 1.807) is 4.90 Å². The van der Waals surface area contributed by atoms with Crippen LogP contribution in [-0.2, 0) is 4.74 Å². The van der Waals surface area contributed by atoms with Crippen molar-refractivity contribution in [3.63, 3.8) is 0 Å². The van der Waals surface area contributed by atoms with Gasteiger partial charge in [-0.3, -0.25) is 0 Å². The van der Waals surface area contributed by atoms with Gasteiger partial charge in [0.2, 0.25) is 0 Å². The summed E-state index contributed by atoms with van der Waals surface area (Å²) in [6, 6.07) is 4.56. The highest BCUT2D eigenvalue weighted by molar-refractivity contribution is 5.74. The largest absolute Gasteiger partial charge is 0.453 e. The molecule has 1 N–H and O–H groups in total. The number of hydrogen-bond acceptors (Lipinski definition) is 5. The standard InChI is InChI=1S/C12H12FN3O3/c1-18-12(17)16-5-8(6-16)14-11-15-9-4-7(13)2-3-10(9)19-11/h2-4,8H,5-6H2,1H3,(H,14,15). The molecule has 1 aliphatic rings. The summed E-state index contributed by atoms with van der Waals surface area (Å²) in [5, 5.41) is 3.05. The highest BCUT2D eigenvalue weighted by atomic mass is 19.1. The number of methoxy groups -OCH3 is 1. The van der Waals surface area contributed by atoms with Gasteiger partial charge in [0, 0.05) is 19.2 Å². The number of carbonyl (C=O) groups is 1. The number of oxazole rings is 1. The Hall–Kier alpha value is -2.31. The summed E-state index contributed by atoms with van der Waals surface area (Å²) in [6.45, 7) is 1.06. The molecule has 1 aromatic heterocycles. The van der Waals surface area contributed by atoms with Gasteiger partial charge < -0.3 is 19.4 Å². The van der Waals surface area contributed by atoms with Crippen LogP contribution in [-0.4, -0.2) is 42.2 Å². The molecule has 2 aromatic rings. The first kappa shape index (κ1) is 11.8. The van der Waals surface area contributed by atoms with E-state index in [1.165, 1.54) is 25.3 Å². The van der Waals surface area contributed by atoms with Crippen LogP contribution in [0.4, 0.5) is 15.2 Å². The lowest BCUT2D eigenvalue weighted by atomic mass is 10.1. The van der Waals surface area contributed by atoms with Crippen LogP contribution in [0, 0.1) is 5.82 Å². The Morgan fingerprint density at radius 2 is 2.37 bits per heavy atom. The van der Waals surface area contributed by atoms with E-state index in [4.69, 9.17) is 4.42 Å². The summed E-state index contributed by atoms with van der Waals surface area (Å²) < 4.78 is 23.0. The fourth-order valence-corrected chi connectivity index (χ4v) is 1.98. The summed E-state index contributed by atoms with van der Waals surface area (Å²) in [7, 11) is 1.35. The van der Waals surface area contributed by atoms with E-state index in [0.717, 1.165) is 0 Å². The monoisotopic (exact) mass is 265 g/mol. The van der Waals surface area contributed by atoms with E-state index < -0.39 is 0 Å². The van der Waals surface area contributed by atoms with Gasteiger partial charge in [-0.25, -0.2) is 9.18 Å². The SMILES string of the molecule is COC(=O)N1CC(Nc2nc3cc(F)ccc3o2)C1. The van der Waals surface area contributed by atoms with Crippen molar-refractivity contribution in [1.29, 1.82) is 0 Å². The van der Waals surface area contributed by atoms with Crippen molar-refractivity contribution < 1.29 is 18.3 Å². The normalized spacial score (nSPS) is 15.4. The lowest BCUT2D eigenvalue weighted by Crippen LogP contribution is -2.57. The van der Waals surface area contributed by atoms with Crippen molar-refractivity contribution >= 4 is 23.2 Å². The molecule has 0 radical (unpaired) electrons. The van der Waals surface area contributed by atoms with Gasteiger partial charge in [0.05, 0.1) is 13.2 Å². The predicted octanol–water partition coefficient (Wildman–Crippen LogP) is 1.83. The number of ether oxygens (including phenoxy) is 1. The average Bonchev–Trinajstić information content (AvgIpc) is 2.74. The molecule has 1 aromatic carbocycles. The minimum absolute atomic E-state index is 0.0667. The highest BCUT2D eigenvalue weighted by Gasteiger charge is 2.32. The van der Waals surface area contributed by atoms with Crippen molar-refractivity contribution in [1.82, 2.24) is 9.88 Å². The van der Waals surface area contributed by atoms with Crippen LogP contribution >= 0.6 is 0 Å². The Kier molecular flexibility index (Phi) is 2.73. The van der Waals surface area contributed by atoms with Crippen molar-refractivity contribution in [2.75, 3.05) is 25.5 Å². The average molecular weight is 265 g/mol. The number of hydrogen-bond donors (Lipinski definition) is 1. The Morgan fingerprint density at radius 1 is 1.58 bits per heavy atom. The molecule has 0 spiro atoms. The van der Waals surface area contributed by atoms with Gasteiger partial charge in [0.15, 0.2) is 5.58 Å². The lowest BCUT2D eigenvalue weighted by Gasteiger charge is -2.37. The molecule has 19 heavy (non-hydrogen) atoms. The van der Waals surface area contributed by atoms with E-state index in [0.29, 0.717) is 30.2 Å². The van der Waals surface area contributed by atoms with Gasteiger partial charge in [-0.15, -0.1) is 0 Å². The minimum Gasteiger partial charge on any atom is -0.453 e. The summed E-state index contributed by atoms with van der Waals surface area (Å²) in [5.74, 6) is -0.354. The number of anilines is 1. The van der Waals surface area contributed by atoms with Gasteiger partial charge in [0.25, 0.3) is 6.01 Å². The van der Waals surface area contributed by atoms with Gasteiger partial charge in [0.1, 0.15) is 11.3 Å². The Labute approximate surface area is 108 Å². The third-order valence-corrected chi connectivity index (χ3v) is 2.99. The fourth-order valence-electron chi connectivity index (χ4n) is 1.98. The van der Waals surface area contributed by atoms with Crippen molar-refractivity contribution in [2.45, 2.75) is 6.04 Å². The zero-order chi connectivity index (χ0) is 13.4. The number of nitrogens with zero attached hydrogens (tertiary/aromatic N) is 2. The number of halogens is 1. The first-order chi connectivity index (χ1) is 9.15. The molecular weight excluding hydrogens is 253 g/mol. The van der Waals surface area contributed by atoms with E-state index in [2.05, 4.69) is 15.0 Å². The molecule has 0 saturated carbocycles. The maximum atomic E-state index is 13.0. The van der Waals surface area contributed by atoms with E-state index >= 15 is 0 Å². The molecule has 6 nitrogen and oxygen atoms in total. The molecule has 2 heterocycles. The molecule has 1 saturated heterocycles. The van der Waals surface area contributed by atoms with Crippen molar-refractivity contribution in [3.05, 3.63) is 24.0 Å². The molecule has 1 amide bonds. The first-order valence-electron chi connectivity index (χ1n) is 5.81. The number of fused-ring (bicyclic) bond motifs is 1. The van der Waals surface area contributed by atoms with E-state index in [-0.39, 0.29) is 18.0 Å². The number of rotatable bonds is 2. The van der Waals surface area contributed by atoms with Crippen LogP contribution in [0.3, 0.4) is 0 Å². The van der Waals surface area contributed by atoms with Gasteiger partial charge >= 0.3 is 6.09 Å². The summed E-state index contributed by atoms with van der Waals surface area (Å²) >= 11 is 0. The third-order valence-electron chi connectivity index (χ3n) is 2.99. The number of aromatic nitrogens is 1. The predicted molar refractivity (Wildman–Crippen MR) is 65.4 cm³/mol. The molecule has 0 unspecified atom stereocenters. The second-order valence-electron chi connectivity index (χ2n) is 4.35. The lowest BCUT2D eigenvalue weighted by molar-refractivity contribution is 0.0925.